The molecule has 98 valence electrons. The van der Waals surface area contributed by atoms with E-state index in [1.165, 1.54) is 38.8 Å². The van der Waals surface area contributed by atoms with Crippen molar-refractivity contribution in [3.8, 4) is 5.88 Å². The molecule has 0 amide bonds. The number of fused-ring (bicyclic) bond motifs is 1. The van der Waals surface area contributed by atoms with Gasteiger partial charge in [0.25, 0.3) is 0 Å². The minimum Gasteiger partial charge on any atom is -0.481 e. The Labute approximate surface area is 108 Å². The molecule has 0 aliphatic carbocycles. The molecule has 2 fully saturated rings. The van der Waals surface area contributed by atoms with Crippen LogP contribution in [0.4, 0.5) is 5.69 Å². The Balaban J connectivity index is 1.58. The first-order chi connectivity index (χ1) is 8.85. The summed E-state index contributed by atoms with van der Waals surface area (Å²) < 4.78 is 5.07. The fourth-order valence-corrected chi connectivity index (χ4v) is 3.18. The van der Waals surface area contributed by atoms with E-state index in [1.54, 1.807) is 7.11 Å². The molecule has 0 bridgehead atoms. The van der Waals surface area contributed by atoms with Gasteiger partial charge in [0.1, 0.15) is 0 Å². The van der Waals surface area contributed by atoms with Crippen molar-refractivity contribution in [2.24, 2.45) is 0 Å². The highest BCUT2D eigenvalue weighted by atomic mass is 16.5. The van der Waals surface area contributed by atoms with E-state index < -0.39 is 0 Å². The first-order valence-electron chi connectivity index (χ1n) is 6.86. The van der Waals surface area contributed by atoms with Crippen LogP contribution in [0.1, 0.15) is 25.7 Å². The van der Waals surface area contributed by atoms with E-state index in [0.29, 0.717) is 11.9 Å². The summed E-state index contributed by atoms with van der Waals surface area (Å²) in [6.45, 7) is 2.55. The molecular formula is C14H21N3O. The van der Waals surface area contributed by atoms with Crippen molar-refractivity contribution >= 4 is 5.69 Å². The highest BCUT2D eigenvalue weighted by molar-refractivity contribution is 5.43. The molecule has 2 saturated heterocycles. The normalized spacial score (nSPS) is 27.8. The third kappa shape index (κ3) is 2.43. The van der Waals surface area contributed by atoms with Gasteiger partial charge in [-0.1, -0.05) is 0 Å². The Morgan fingerprint density at radius 2 is 2.28 bits per heavy atom. The number of hydrogen-bond donors (Lipinski definition) is 1. The van der Waals surface area contributed by atoms with E-state index in [0.717, 1.165) is 11.7 Å². The lowest BCUT2D eigenvalue weighted by molar-refractivity contribution is 0.188. The largest absolute Gasteiger partial charge is 0.481 e. The van der Waals surface area contributed by atoms with E-state index in [4.69, 9.17) is 4.74 Å². The van der Waals surface area contributed by atoms with Crippen molar-refractivity contribution in [3.05, 3.63) is 18.3 Å². The standard InChI is InChI=1S/C14H21N3O/c1-18-14-5-4-12(10-15-14)16-11-6-8-17-7-2-3-13(17)9-11/h4-5,10-11,13,16H,2-3,6-9H2,1H3. The number of rotatable bonds is 3. The summed E-state index contributed by atoms with van der Waals surface area (Å²) in [5.41, 5.74) is 1.10. The van der Waals surface area contributed by atoms with Crippen molar-refractivity contribution in [1.29, 1.82) is 0 Å². The molecule has 0 spiro atoms. The number of piperidine rings is 1. The van der Waals surface area contributed by atoms with Crippen molar-refractivity contribution in [1.82, 2.24) is 9.88 Å². The highest BCUT2D eigenvalue weighted by Gasteiger charge is 2.31. The minimum atomic E-state index is 0.597. The average Bonchev–Trinajstić information content (AvgIpc) is 2.87. The van der Waals surface area contributed by atoms with Crippen LogP contribution in [-0.4, -0.2) is 42.2 Å². The van der Waals surface area contributed by atoms with Crippen LogP contribution in [0.25, 0.3) is 0 Å². The molecular weight excluding hydrogens is 226 g/mol. The van der Waals surface area contributed by atoms with E-state index in [2.05, 4.69) is 15.2 Å². The zero-order valence-corrected chi connectivity index (χ0v) is 10.9. The van der Waals surface area contributed by atoms with Crippen molar-refractivity contribution < 1.29 is 4.74 Å². The smallest absolute Gasteiger partial charge is 0.213 e. The Kier molecular flexibility index (Phi) is 3.37. The summed E-state index contributed by atoms with van der Waals surface area (Å²) in [5.74, 6) is 0.672. The molecule has 0 saturated carbocycles. The van der Waals surface area contributed by atoms with Gasteiger partial charge in [-0.3, -0.25) is 0 Å². The van der Waals surface area contributed by atoms with Gasteiger partial charge in [-0.25, -0.2) is 4.98 Å². The molecule has 1 N–H and O–H groups in total. The van der Waals surface area contributed by atoms with Crippen LogP contribution in [-0.2, 0) is 0 Å². The molecule has 1 aromatic heterocycles. The first-order valence-corrected chi connectivity index (χ1v) is 6.86. The number of nitrogens with one attached hydrogen (secondary N) is 1. The van der Waals surface area contributed by atoms with Crippen molar-refractivity contribution in [2.45, 2.75) is 37.8 Å². The SMILES string of the molecule is COc1ccc(NC2CCN3CCCC3C2)cn1. The minimum absolute atomic E-state index is 0.597. The van der Waals surface area contributed by atoms with Crippen LogP contribution in [0.15, 0.2) is 18.3 Å². The van der Waals surface area contributed by atoms with Gasteiger partial charge in [-0.2, -0.15) is 0 Å². The highest BCUT2D eigenvalue weighted by Crippen LogP contribution is 2.28. The fourth-order valence-electron chi connectivity index (χ4n) is 3.18. The second-order valence-corrected chi connectivity index (χ2v) is 5.29. The molecule has 3 rings (SSSR count). The predicted molar refractivity (Wildman–Crippen MR) is 72.0 cm³/mol. The molecule has 2 atom stereocenters. The summed E-state index contributed by atoms with van der Waals surface area (Å²) in [7, 11) is 1.64. The second-order valence-electron chi connectivity index (χ2n) is 5.29. The second kappa shape index (κ2) is 5.14. The molecule has 2 unspecified atom stereocenters. The fraction of sp³-hybridized carbons (Fsp3) is 0.643. The molecule has 4 heteroatoms. The summed E-state index contributed by atoms with van der Waals surface area (Å²) in [4.78, 5) is 6.88. The number of ether oxygens (including phenoxy) is 1. The van der Waals surface area contributed by atoms with E-state index >= 15 is 0 Å². The zero-order chi connectivity index (χ0) is 12.4. The van der Waals surface area contributed by atoms with E-state index in [9.17, 15) is 0 Å². The van der Waals surface area contributed by atoms with E-state index in [-0.39, 0.29) is 0 Å². The maximum Gasteiger partial charge on any atom is 0.213 e. The van der Waals surface area contributed by atoms with Gasteiger partial charge in [0, 0.05) is 24.7 Å². The van der Waals surface area contributed by atoms with E-state index in [1.807, 2.05) is 18.3 Å². The number of aromatic nitrogens is 1. The van der Waals surface area contributed by atoms with Gasteiger partial charge in [0.2, 0.25) is 5.88 Å². The maximum atomic E-state index is 5.07. The Bertz CT molecular complexity index is 393. The summed E-state index contributed by atoms with van der Waals surface area (Å²) in [6.07, 6.45) is 7.12. The van der Waals surface area contributed by atoms with Crippen LogP contribution in [0.2, 0.25) is 0 Å². The molecule has 2 aliphatic rings. The number of nitrogens with zero attached hydrogens (tertiary/aromatic N) is 2. The number of methoxy groups -OCH3 is 1. The van der Waals surface area contributed by atoms with Gasteiger partial charge in [-0.15, -0.1) is 0 Å². The topological polar surface area (TPSA) is 37.4 Å². The monoisotopic (exact) mass is 247 g/mol. The summed E-state index contributed by atoms with van der Waals surface area (Å²) in [5, 5.41) is 3.60. The lowest BCUT2D eigenvalue weighted by Crippen LogP contribution is -2.42. The molecule has 3 heterocycles. The number of anilines is 1. The quantitative estimate of drug-likeness (QED) is 0.888. The van der Waals surface area contributed by atoms with Crippen LogP contribution in [0.5, 0.6) is 5.88 Å². The van der Waals surface area contributed by atoms with Crippen LogP contribution in [0.3, 0.4) is 0 Å². The van der Waals surface area contributed by atoms with Gasteiger partial charge < -0.3 is 15.0 Å². The first kappa shape index (κ1) is 11.8. The van der Waals surface area contributed by atoms with Crippen LogP contribution in [0, 0.1) is 0 Å². The molecule has 2 aliphatic heterocycles. The lowest BCUT2D eigenvalue weighted by Gasteiger charge is -2.35. The molecule has 18 heavy (non-hydrogen) atoms. The molecule has 0 radical (unpaired) electrons. The molecule has 4 nitrogen and oxygen atoms in total. The average molecular weight is 247 g/mol. The zero-order valence-electron chi connectivity index (χ0n) is 10.9. The van der Waals surface area contributed by atoms with Gasteiger partial charge in [-0.05, 0) is 38.3 Å². The Morgan fingerprint density at radius 3 is 3.06 bits per heavy atom. The maximum absolute atomic E-state index is 5.07. The third-order valence-electron chi connectivity index (χ3n) is 4.14. The lowest BCUT2D eigenvalue weighted by atomic mass is 9.97. The summed E-state index contributed by atoms with van der Waals surface area (Å²) in [6, 6.07) is 5.36. The van der Waals surface area contributed by atoms with Crippen LogP contribution < -0.4 is 10.1 Å². The summed E-state index contributed by atoms with van der Waals surface area (Å²) >= 11 is 0. The molecule has 0 aromatic carbocycles. The number of hydrogen-bond acceptors (Lipinski definition) is 4. The van der Waals surface area contributed by atoms with Gasteiger partial charge in [0.15, 0.2) is 0 Å². The van der Waals surface area contributed by atoms with Crippen LogP contribution >= 0.6 is 0 Å². The Morgan fingerprint density at radius 1 is 1.33 bits per heavy atom. The number of pyridine rings is 1. The van der Waals surface area contributed by atoms with Crippen molar-refractivity contribution in [2.75, 3.05) is 25.5 Å². The van der Waals surface area contributed by atoms with Gasteiger partial charge in [0.05, 0.1) is 19.0 Å². The Hall–Kier alpha value is -1.29. The third-order valence-corrected chi connectivity index (χ3v) is 4.14. The molecule has 1 aromatic rings. The van der Waals surface area contributed by atoms with Gasteiger partial charge >= 0.3 is 0 Å². The van der Waals surface area contributed by atoms with Crippen molar-refractivity contribution in [3.63, 3.8) is 0 Å². The predicted octanol–water partition coefficient (Wildman–Crippen LogP) is 2.13.